The van der Waals surface area contributed by atoms with Gasteiger partial charge in [-0.2, -0.15) is 0 Å². The number of nitrogens with zero attached hydrogens (tertiary/aromatic N) is 1. The van der Waals surface area contributed by atoms with E-state index in [2.05, 4.69) is 22.5 Å². The van der Waals surface area contributed by atoms with Crippen molar-refractivity contribution in [3.05, 3.63) is 42.0 Å². The molecule has 0 aliphatic rings. The minimum absolute atomic E-state index is 0.228. The number of benzene rings is 2. The molecule has 0 saturated heterocycles. The first kappa shape index (κ1) is 23.7. The summed E-state index contributed by atoms with van der Waals surface area (Å²) in [6, 6.07) is 10.4. The summed E-state index contributed by atoms with van der Waals surface area (Å²) in [4.78, 5) is 29.4. The minimum Gasteiger partial charge on any atom is -0.493 e. The van der Waals surface area contributed by atoms with Crippen LogP contribution >= 0.6 is 0 Å². The molecule has 0 aliphatic heterocycles. The van der Waals surface area contributed by atoms with Gasteiger partial charge in [-0.05, 0) is 12.5 Å². The summed E-state index contributed by atoms with van der Waals surface area (Å²) in [6.45, 7) is 3.96. The Balaban J connectivity index is 2.45. The van der Waals surface area contributed by atoms with Gasteiger partial charge in [0.25, 0.3) is 5.91 Å². The van der Waals surface area contributed by atoms with Crippen molar-refractivity contribution in [2.24, 2.45) is 4.99 Å². The molecule has 8 nitrogen and oxygen atoms in total. The number of aliphatic imine (C=N–C) groups is 1. The maximum Gasteiger partial charge on any atom is 0.274 e. The molecule has 0 radical (unpaired) electrons. The highest BCUT2D eigenvalue weighted by Crippen LogP contribution is 2.40. The molecule has 8 heteroatoms. The average Bonchev–Trinajstić information content (AvgIpc) is 2.76. The maximum absolute atomic E-state index is 13.2. The number of hydrogen-bond donors (Lipinski definition) is 2. The van der Waals surface area contributed by atoms with Gasteiger partial charge in [0.2, 0.25) is 11.7 Å². The van der Waals surface area contributed by atoms with Gasteiger partial charge in [0.1, 0.15) is 5.71 Å². The summed E-state index contributed by atoms with van der Waals surface area (Å²) >= 11 is 0. The number of carbonyl (C=O) groups is 2. The standard InChI is InChI=1S/C23H29N3O5/c1-6-7-12-24-21(17-10-8-9-11-18(17)25-15(2)27)23(28)26-16-13-19(29-3)22(31-5)20(14-16)30-4/h8-11,13-14H,6-7,12H2,1-5H3,(H,25,27)(H,26,28). The van der Waals surface area contributed by atoms with E-state index >= 15 is 0 Å². The Hall–Kier alpha value is -3.55. The topological polar surface area (TPSA) is 98.2 Å². The number of rotatable bonds is 10. The van der Waals surface area contributed by atoms with Crippen LogP contribution in [-0.4, -0.2) is 45.4 Å². The van der Waals surface area contributed by atoms with Gasteiger partial charge in [0.15, 0.2) is 11.5 Å². The van der Waals surface area contributed by atoms with Crippen molar-refractivity contribution in [1.29, 1.82) is 0 Å². The van der Waals surface area contributed by atoms with Gasteiger partial charge in [-0.25, -0.2) is 0 Å². The quantitative estimate of drug-likeness (QED) is 0.443. The molecule has 0 aliphatic carbocycles. The summed E-state index contributed by atoms with van der Waals surface area (Å²) in [6.07, 6.45) is 1.78. The molecule has 166 valence electrons. The van der Waals surface area contributed by atoms with Gasteiger partial charge in [-0.15, -0.1) is 0 Å². The zero-order valence-electron chi connectivity index (χ0n) is 18.6. The molecule has 31 heavy (non-hydrogen) atoms. The first-order valence-corrected chi connectivity index (χ1v) is 9.97. The summed E-state index contributed by atoms with van der Waals surface area (Å²) < 4.78 is 16.0. The number of carbonyl (C=O) groups excluding carboxylic acids is 2. The van der Waals surface area contributed by atoms with E-state index in [4.69, 9.17) is 14.2 Å². The summed E-state index contributed by atoms with van der Waals surface area (Å²) in [5.41, 5.74) is 1.75. The van der Waals surface area contributed by atoms with Crippen LogP contribution in [0, 0.1) is 0 Å². The van der Waals surface area contributed by atoms with E-state index in [1.807, 2.05) is 0 Å². The lowest BCUT2D eigenvalue weighted by atomic mass is 10.1. The number of amides is 2. The lowest BCUT2D eigenvalue weighted by Crippen LogP contribution is -2.26. The van der Waals surface area contributed by atoms with Crippen LogP contribution in [0.2, 0.25) is 0 Å². The van der Waals surface area contributed by atoms with Crippen LogP contribution < -0.4 is 24.8 Å². The van der Waals surface area contributed by atoms with Crippen molar-refractivity contribution < 1.29 is 23.8 Å². The number of hydrogen-bond acceptors (Lipinski definition) is 6. The molecule has 0 fully saturated rings. The molecule has 2 rings (SSSR count). The predicted molar refractivity (Wildman–Crippen MR) is 122 cm³/mol. The fourth-order valence-electron chi connectivity index (χ4n) is 2.96. The largest absolute Gasteiger partial charge is 0.493 e. The molecule has 0 saturated carbocycles. The molecule has 2 aromatic rings. The van der Waals surface area contributed by atoms with Crippen LogP contribution in [0.1, 0.15) is 32.3 Å². The highest BCUT2D eigenvalue weighted by atomic mass is 16.5. The zero-order chi connectivity index (χ0) is 22.8. The van der Waals surface area contributed by atoms with Crippen LogP contribution in [-0.2, 0) is 9.59 Å². The normalized spacial score (nSPS) is 10.9. The fourth-order valence-corrected chi connectivity index (χ4v) is 2.96. The Morgan fingerprint density at radius 1 is 0.968 bits per heavy atom. The molecule has 0 heterocycles. The van der Waals surface area contributed by atoms with E-state index in [0.717, 1.165) is 12.8 Å². The smallest absolute Gasteiger partial charge is 0.274 e. The van der Waals surface area contributed by atoms with Gasteiger partial charge >= 0.3 is 0 Å². The van der Waals surface area contributed by atoms with Crippen molar-refractivity contribution in [1.82, 2.24) is 0 Å². The van der Waals surface area contributed by atoms with Gasteiger partial charge < -0.3 is 24.8 Å². The van der Waals surface area contributed by atoms with Crippen molar-refractivity contribution >= 4 is 28.9 Å². The van der Waals surface area contributed by atoms with Crippen molar-refractivity contribution in [3.63, 3.8) is 0 Å². The first-order valence-electron chi connectivity index (χ1n) is 9.97. The van der Waals surface area contributed by atoms with Crippen LogP contribution in [0.25, 0.3) is 0 Å². The Labute approximate surface area is 182 Å². The molecule has 0 bridgehead atoms. The SMILES string of the molecule is CCCCN=C(C(=O)Nc1cc(OC)c(OC)c(OC)c1)c1ccccc1NC(C)=O. The summed E-state index contributed by atoms with van der Waals surface area (Å²) in [7, 11) is 4.52. The Morgan fingerprint density at radius 3 is 2.16 bits per heavy atom. The summed E-state index contributed by atoms with van der Waals surface area (Å²) in [5.74, 6) is 0.616. The third kappa shape index (κ3) is 6.21. The van der Waals surface area contributed by atoms with Gasteiger partial charge in [0.05, 0.1) is 27.0 Å². The molecular weight excluding hydrogens is 398 g/mol. The lowest BCUT2D eigenvalue weighted by molar-refractivity contribution is -0.114. The van der Waals surface area contributed by atoms with Gasteiger partial charge in [0, 0.05) is 36.9 Å². The highest BCUT2D eigenvalue weighted by Gasteiger charge is 2.20. The number of methoxy groups -OCH3 is 3. The highest BCUT2D eigenvalue weighted by molar-refractivity contribution is 6.50. The number of nitrogens with one attached hydrogen (secondary N) is 2. The van der Waals surface area contributed by atoms with Crippen LogP contribution in [0.3, 0.4) is 0 Å². The number of ether oxygens (including phenoxy) is 3. The summed E-state index contributed by atoms with van der Waals surface area (Å²) in [5, 5.41) is 5.61. The van der Waals surface area contributed by atoms with E-state index in [-0.39, 0.29) is 11.6 Å². The molecule has 0 spiro atoms. The maximum atomic E-state index is 13.2. The minimum atomic E-state index is -0.414. The first-order chi connectivity index (χ1) is 14.9. The van der Waals surface area contributed by atoms with Crippen LogP contribution in [0.15, 0.2) is 41.4 Å². The fraction of sp³-hybridized carbons (Fsp3) is 0.348. The Morgan fingerprint density at radius 2 is 1.61 bits per heavy atom. The van der Waals surface area contributed by atoms with Crippen molar-refractivity contribution in [3.8, 4) is 17.2 Å². The zero-order valence-corrected chi connectivity index (χ0v) is 18.6. The molecule has 0 unspecified atom stereocenters. The molecule has 2 amide bonds. The van der Waals surface area contributed by atoms with Crippen molar-refractivity contribution in [2.45, 2.75) is 26.7 Å². The van der Waals surface area contributed by atoms with E-state index in [9.17, 15) is 9.59 Å². The molecule has 0 atom stereocenters. The second-order valence-corrected chi connectivity index (χ2v) is 6.68. The van der Waals surface area contributed by atoms with Gasteiger partial charge in [-0.3, -0.25) is 14.6 Å². The monoisotopic (exact) mass is 427 g/mol. The van der Waals surface area contributed by atoms with Crippen LogP contribution in [0.5, 0.6) is 17.2 Å². The van der Waals surface area contributed by atoms with E-state index < -0.39 is 5.91 Å². The molecule has 0 aromatic heterocycles. The number of unbranched alkanes of at least 4 members (excludes halogenated alkanes) is 1. The Bertz CT molecular complexity index is 931. The molecule has 2 aromatic carbocycles. The Kier molecular flexibility index (Phi) is 8.87. The predicted octanol–water partition coefficient (Wildman–Crippen LogP) is 3.90. The third-order valence-corrected chi connectivity index (χ3v) is 4.41. The van der Waals surface area contributed by atoms with Crippen molar-refractivity contribution in [2.75, 3.05) is 38.5 Å². The second-order valence-electron chi connectivity index (χ2n) is 6.68. The average molecular weight is 428 g/mol. The van der Waals surface area contributed by atoms with E-state index in [1.165, 1.54) is 28.3 Å². The van der Waals surface area contributed by atoms with E-state index in [0.29, 0.717) is 40.7 Å². The second kappa shape index (κ2) is 11.6. The number of anilines is 2. The van der Waals surface area contributed by atoms with Crippen LogP contribution in [0.4, 0.5) is 11.4 Å². The van der Waals surface area contributed by atoms with Gasteiger partial charge in [-0.1, -0.05) is 31.5 Å². The van der Waals surface area contributed by atoms with E-state index in [1.54, 1.807) is 36.4 Å². The third-order valence-electron chi connectivity index (χ3n) is 4.41. The molecule has 2 N–H and O–H groups in total. The lowest BCUT2D eigenvalue weighted by Gasteiger charge is -2.16. The molecular formula is C23H29N3O5. The number of para-hydroxylation sites is 1.